The Kier molecular flexibility index (Phi) is 6.50. The Balaban J connectivity index is 1.30. The lowest BCUT2D eigenvalue weighted by Crippen LogP contribution is -2.51. The highest BCUT2D eigenvalue weighted by Gasteiger charge is 2.25. The highest BCUT2D eigenvalue weighted by molar-refractivity contribution is 5.94. The molecule has 0 bridgehead atoms. The molecule has 2 fully saturated rings. The number of amides is 4. The number of carbonyl (C=O) groups excluding carboxylic acids is 3. The lowest BCUT2D eigenvalue weighted by Gasteiger charge is -2.34. The molecule has 2 aromatic carbocycles. The molecule has 0 atom stereocenters. The topological polar surface area (TPSA) is 73.0 Å². The molecule has 162 valence electrons. The van der Waals surface area contributed by atoms with E-state index < -0.39 is 0 Å². The number of rotatable bonds is 4. The number of hydrogen-bond donors (Lipinski definition) is 1. The summed E-state index contributed by atoms with van der Waals surface area (Å²) in [6, 6.07) is 16.7. The van der Waals surface area contributed by atoms with E-state index in [1.165, 1.54) is 0 Å². The number of carbonyl (C=O) groups is 3. The summed E-state index contributed by atoms with van der Waals surface area (Å²) in [4.78, 5) is 42.7. The van der Waals surface area contributed by atoms with Gasteiger partial charge in [-0.25, -0.2) is 4.79 Å². The molecule has 2 heterocycles. The van der Waals surface area contributed by atoms with E-state index in [9.17, 15) is 14.4 Å². The minimum atomic E-state index is -0.169. The maximum Gasteiger partial charge on any atom is 0.321 e. The highest BCUT2D eigenvalue weighted by atomic mass is 16.2. The van der Waals surface area contributed by atoms with E-state index in [0.29, 0.717) is 44.7 Å². The van der Waals surface area contributed by atoms with Crippen molar-refractivity contribution in [2.75, 3.05) is 38.0 Å². The van der Waals surface area contributed by atoms with Crippen molar-refractivity contribution in [1.82, 2.24) is 14.7 Å². The van der Waals surface area contributed by atoms with Crippen molar-refractivity contribution in [3.05, 3.63) is 65.7 Å². The summed E-state index contributed by atoms with van der Waals surface area (Å²) < 4.78 is 0. The quantitative estimate of drug-likeness (QED) is 0.826. The van der Waals surface area contributed by atoms with Crippen LogP contribution in [0.3, 0.4) is 0 Å². The number of anilines is 1. The van der Waals surface area contributed by atoms with Gasteiger partial charge in [-0.05, 0) is 42.7 Å². The van der Waals surface area contributed by atoms with Crippen LogP contribution in [0.1, 0.15) is 35.2 Å². The third-order valence-electron chi connectivity index (χ3n) is 5.85. The molecule has 0 aliphatic carbocycles. The summed E-state index contributed by atoms with van der Waals surface area (Å²) in [6.45, 7) is 3.37. The molecule has 2 aliphatic rings. The van der Waals surface area contributed by atoms with Gasteiger partial charge in [0.2, 0.25) is 5.91 Å². The maximum atomic E-state index is 12.7. The van der Waals surface area contributed by atoms with Crippen LogP contribution in [0.5, 0.6) is 0 Å². The van der Waals surface area contributed by atoms with E-state index in [2.05, 4.69) is 5.32 Å². The van der Waals surface area contributed by atoms with Crippen molar-refractivity contribution in [2.24, 2.45) is 0 Å². The molecule has 4 rings (SSSR count). The number of likely N-dealkylation sites (tertiary alicyclic amines) is 1. The van der Waals surface area contributed by atoms with Gasteiger partial charge in [-0.3, -0.25) is 9.59 Å². The van der Waals surface area contributed by atoms with Gasteiger partial charge in [-0.2, -0.15) is 0 Å². The van der Waals surface area contributed by atoms with E-state index in [1.807, 2.05) is 59.5 Å². The second kappa shape index (κ2) is 9.64. The number of urea groups is 1. The second-order valence-electron chi connectivity index (χ2n) is 8.05. The molecular weight excluding hydrogens is 392 g/mol. The fourth-order valence-corrected chi connectivity index (χ4v) is 4.08. The van der Waals surface area contributed by atoms with Crippen molar-refractivity contribution < 1.29 is 14.4 Å². The van der Waals surface area contributed by atoms with E-state index in [4.69, 9.17) is 0 Å². The standard InChI is InChI=1S/C24H28N4O3/c29-22-11-4-5-12-28(22)18-19-7-6-10-21(17-19)25-24(31)27-15-13-26(14-16-27)23(30)20-8-2-1-3-9-20/h1-3,6-10,17H,4-5,11-16,18H2,(H,25,31). The van der Waals surface area contributed by atoms with Gasteiger partial charge in [0.05, 0.1) is 0 Å². The maximum absolute atomic E-state index is 12.7. The molecule has 2 aromatic rings. The number of hydrogen-bond acceptors (Lipinski definition) is 3. The largest absolute Gasteiger partial charge is 0.338 e. The third-order valence-corrected chi connectivity index (χ3v) is 5.85. The SMILES string of the molecule is O=C1CCCCN1Cc1cccc(NC(=O)N2CCN(C(=O)c3ccccc3)CC2)c1. The van der Waals surface area contributed by atoms with Crippen LogP contribution < -0.4 is 5.32 Å². The number of nitrogens with one attached hydrogen (secondary N) is 1. The van der Waals surface area contributed by atoms with Crippen molar-refractivity contribution >= 4 is 23.5 Å². The van der Waals surface area contributed by atoms with E-state index in [-0.39, 0.29) is 17.8 Å². The summed E-state index contributed by atoms with van der Waals surface area (Å²) in [6.07, 6.45) is 2.63. The lowest BCUT2D eigenvalue weighted by molar-refractivity contribution is -0.133. The summed E-state index contributed by atoms with van der Waals surface area (Å²) >= 11 is 0. The van der Waals surface area contributed by atoms with Gasteiger partial charge in [0.15, 0.2) is 0 Å². The molecule has 7 heteroatoms. The molecule has 0 saturated carbocycles. The Labute approximate surface area is 182 Å². The molecule has 7 nitrogen and oxygen atoms in total. The first-order valence-electron chi connectivity index (χ1n) is 10.9. The first kappa shape index (κ1) is 20.9. The fraction of sp³-hybridized carbons (Fsp3) is 0.375. The average Bonchev–Trinajstić information content (AvgIpc) is 2.81. The minimum absolute atomic E-state index is 0.000573. The normalized spacial score (nSPS) is 16.9. The predicted molar refractivity (Wildman–Crippen MR) is 119 cm³/mol. The molecule has 4 amide bonds. The molecule has 0 spiro atoms. The Bertz CT molecular complexity index is 939. The first-order valence-corrected chi connectivity index (χ1v) is 10.9. The first-order chi connectivity index (χ1) is 15.1. The van der Waals surface area contributed by atoms with Gasteiger partial charge in [0.25, 0.3) is 5.91 Å². The summed E-state index contributed by atoms with van der Waals surface area (Å²) in [5, 5.41) is 2.96. The number of benzene rings is 2. The highest BCUT2D eigenvalue weighted by Crippen LogP contribution is 2.18. The van der Waals surface area contributed by atoms with Crippen molar-refractivity contribution in [1.29, 1.82) is 0 Å². The van der Waals surface area contributed by atoms with Crippen LogP contribution in [-0.2, 0) is 11.3 Å². The van der Waals surface area contributed by atoms with E-state index in [1.54, 1.807) is 9.80 Å². The molecule has 31 heavy (non-hydrogen) atoms. The fourth-order valence-electron chi connectivity index (χ4n) is 4.08. The molecule has 0 unspecified atom stereocenters. The molecule has 1 N–H and O–H groups in total. The van der Waals surface area contributed by atoms with Crippen LogP contribution in [0.25, 0.3) is 0 Å². The van der Waals surface area contributed by atoms with Gasteiger partial charge < -0.3 is 20.0 Å². The van der Waals surface area contributed by atoms with E-state index in [0.717, 1.165) is 30.6 Å². The number of nitrogens with zero attached hydrogens (tertiary/aromatic N) is 3. The summed E-state index contributed by atoms with van der Waals surface area (Å²) in [5.41, 5.74) is 2.39. The van der Waals surface area contributed by atoms with Gasteiger partial charge in [-0.1, -0.05) is 30.3 Å². The van der Waals surface area contributed by atoms with Gasteiger partial charge in [0, 0.05) is 56.9 Å². The molecular formula is C24H28N4O3. The van der Waals surface area contributed by atoms with Crippen molar-refractivity contribution in [3.63, 3.8) is 0 Å². The van der Waals surface area contributed by atoms with Crippen LogP contribution in [0.2, 0.25) is 0 Å². The Morgan fingerprint density at radius 1 is 0.839 bits per heavy atom. The third kappa shape index (κ3) is 5.23. The zero-order valence-corrected chi connectivity index (χ0v) is 17.6. The summed E-state index contributed by atoms with van der Waals surface area (Å²) in [5.74, 6) is 0.198. The average molecular weight is 421 g/mol. The van der Waals surface area contributed by atoms with Crippen LogP contribution in [0.15, 0.2) is 54.6 Å². The Morgan fingerprint density at radius 3 is 2.32 bits per heavy atom. The molecule has 2 saturated heterocycles. The smallest absolute Gasteiger partial charge is 0.321 e. The minimum Gasteiger partial charge on any atom is -0.338 e. The van der Waals surface area contributed by atoms with Crippen molar-refractivity contribution in [2.45, 2.75) is 25.8 Å². The Morgan fingerprint density at radius 2 is 1.58 bits per heavy atom. The molecule has 2 aliphatic heterocycles. The van der Waals surface area contributed by atoms with Gasteiger partial charge in [0.1, 0.15) is 0 Å². The predicted octanol–water partition coefficient (Wildman–Crippen LogP) is 3.19. The van der Waals surface area contributed by atoms with Crippen molar-refractivity contribution in [3.8, 4) is 0 Å². The summed E-state index contributed by atoms with van der Waals surface area (Å²) in [7, 11) is 0. The zero-order chi connectivity index (χ0) is 21.6. The second-order valence-corrected chi connectivity index (χ2v) is 8.05. The van der Waals surface area contributed by atoms with Crippen LogP contribution in [-0.4, -0.2) is 65.3 Å². The van der Waals surface area contributed by atoms with Crippen LogP contribution in [0, 0.1) is 0 Å². The van der Waals surface area contributed by atoms with E-state index >= 15 is 0 Å². The van der Waals surface area contributed by atoms with Gasteiger partial charge >= 0.3 is 6.03 Å². The lowest BCUT2D eigenvalue weighted by atomic mass is 10.1. The zero-order valence-electron chi connectivity index (χ0n) is 17.6. The van der Waals surface area contributed by atoms with Gasteiger partial charge in [-0.15, -0.1) is 0 Å². The Hall–Kier alpha value is -3.35. The number of piperidine rings is 1. The number of piperazine rings is 1. The van der Waals surface area contributed by atoms with Crippen LogP contribution in [0.4, 0.5) is 10.5 Å². The molecule has 0 aromatic heterocycles. The van der Waals surface area contributed by atoms with Crippen LogP contribution >= 0.6 is 0 Å². The molecule has 0 radical (unpaired) electrons. The monoisotopic (exact) mass is 420 g/mol.